The van der Waals surface area contributed by atoms with E-state index in [1.807, 2.05) is 0 Å². The van der Waals surface area contributed by atoms with Gasteiger partial charge < -0.3 is 14.9 Å². The van der Waals surface area contributed by atoms with E-state index in [4.69, 9.17) is 9.84 Å². The number of aromatic hydroxyl groups is 1. The molecule has 7 heteroatoms. The van der Waals surface area contributed by atoms with Crippen molar-refractivity contribution in [1.82, 2.24) is 14.6 Å². The zero-order chi connectivity index (χ0) is 15.0. The summed E-state index contributed by atoms with van der Waals surface area (Å²) in [5, 5.41) is 27.0. The normalized spacial score (nSPS) is 10.7. The first kappa shape index (κ1) is 12.9. The molecule has 21 heavy (non-hydrogen) atoms. The number of aromatic carboxylic acids is 1. The highest BCUT2D eigenvalue weighted by atomic mass is 16.5. The number of carboxylic acid groups (broad SMARTS) is 1. The van der Waals surface area contributed by atoms with Crippen molar-refractivity contribution < 1.29 is 19.7 Å². The summed E-state index contributed by atoms with van der Waals surface area (Å²) in [4.78, 5) is 11.1. The number of ether oxygens (including phenoxy) is 1. The number of methoxy groups -OCH3 is 1. The molecule has 7 nitrogen and oxygen atoms in total. The fourth-order valence-electron chi connectivity index (χ4n) is 2.02. The van der Waals surface area contributed by atoms with Crippen molar-refractivity contribution >= 4 is 11.6 Å². The van der Waals surface area contributed by atoms with Gasteiger partial charge in [-0.15, -0.1) is 10.2 Å². The Balaban J connectivity index is 2.25. The van der Waals surface area contributed by atoms with Crippen molar-refractivity contribution in [3.8, 4) is 22.9 Å². The number of phenols is 1. The fourth-order valence-corrected chi connectivity index (χ4v) is 2.02. The molecule has 0 aliphatic heterocycles. The largest absolute Gasteiger partial charge is 0.507 e. The molecule has 3 aromatic rings. The van der Waals surface area contributed by atoms with Crippen LogP contribution >= 0.6 is 0 Å². The molecular weight excluding hydrogens is 274 g/mol. The minimum Gasteiger partial charge on any atom is -0.507 e. The Morgan fingerprint density at radius 1 is 1.24 bits per heavy atom. The summed E-state index contributed by atoms with van der Waals surface area (Å²) >= 11 is 0. The topological polar surface area (TPSA) is 97.0 Å². The van der Waals surface area contributed by atoms with E-state index in [0.717, 1.165) is 0 Å². The number of phenolic OH excluding ortho intramolecular Hbond substituents is 1. The molecule has 1 aromatic carbocycles. The van der Waals surface area contributed by atoms with E-state index in [1.165, 1.54) is 29.8 Å². The second kappa shape index (κ2) is 4.78. The van der Waals surface area contributed by atoms with Gasteiger partial charge in [0, 0.05) is 6.20 Å². The molecule has 3 rings (SSSR count). The highest BCUT2D eigenvalue weighted by molar-refractivity contribution is 5.87. The maximum Gasteiger partial charge on any atom is 0.337 e. The number of benzene rings is 1. The van der Waals surface area contributed by atoms with Gasteiger partial charge in [-0.3, -0.25) is 4.40 Å². The zero-order valence-corrected chi connectivity index (χ0v) is 11.0. The van der Waals surface area contributed by atoms with Crippen molar-refractivity contribution in [2.45, 2.75) is 0 Å². The van der Waals surface area contributed by atoms with Crippen molar-refractivity contribution in [2.75, 3.05) is 7.11 Å². The zero-order valence-electron chi connectivity index (χ0n) is 11.0. The van der Waals surface area contributed by atoms with Gasteiger partial charge in [0.25, 0.3) is 0 Å². The number of rotatable bonds is 3. The van der Waals surface area contributed by atoms with Crippen molar-refractivity contribution in [1.29, 1.82) is 0 Å². The summed E-state index contributed by atoms with van der Waals surface area (Å²) in [7, 11) is 1.51. The molecule has 0 bridgehead atoms. The Bertz CT molecular complexity index is 841. The minimum atomic E-state index is -1.05. The molecule has 0 aliphatic rings. The Morgan fingerprint density at radius 2 is 2.05 bits per heavy atom. The molecule has 0 atom stereocenters. The van der Waals surface area contributed by atoms with Crippen LogP contribution in [-0.2, 0) is 0 Å². The first-order valence-corrected chi connectivity index (χ1v) is 6.05. The number of pyridine rings is 1. The van der Waals surface area contributed by atoms with Crippen LogP contribution in [0.2, 0.25) is 0 Å². The van der Waals surface area contributed by atoms with E-state index in [9.17, 15) is 9.90 Å². The van der Waals surface area contributed by atoms with Gasteiger partial charge in [0.15, 0.2) is 11.5 Å². The summed E-state index contributed by atoms with van der Waals surface area (Å²) < 4.78 is 6.63. The monoisotopic (exact) mass is 285 g/mol. The van der Waals surface area contributed by atoms with Gasteiger partial charge in [-0.05, 0) is 30.3 Å². The SMILES string of the molecule is COc1ccc(O)c(-c2nnc3ccc(C(=O)O)cn23)c1. The Kier molecular flexibility index (Phi) is 2.94. The maximum atomic E-state index is 11.1. The van der Waals surface area contributed by atoms with Gasteiger partial charge in [-0.2, -0.15) is 0 Å². The first-order valence-electron chi connectivity index (χ1n) is 6.05. The highest BCUT2D eigenvalue weighted by Crippen LogP contribution is 2.31. The first-order chi connectivity index (χ1) is 10.1. The molecule has 2 N–H and O–H groups in total. The molecule has 0 amide bonds. The van der Waals surface area contributed by atoms with Crippen LogP contribution in [0.4, 0.5) is 0 Å². The van der Waals surface area contributed by atoms with Gasteiger partial charge in [-0.25, -0.2) is 4.79 Å². The quantitative estimate of drug-likeness (QED) is 0.761. The van der Waals surface area contributed by atoms with E-state index >= 15 is 0 Å². The van der Waals surface area contributed by atoms with Gasteiger partial charge in [-0.1, -0.05) is 0 Å². The summed E-state index contributed by atoms with van der Waals surface area (Å²) in [6.07, 6.45) is 1.41. The molecule has 0 saturated carbocycles. The lowest BCUT2D eigenvalue weighted by molar-refractivity contribution is 0.0696. The molecule has 0 fully saturated rings. The third-order valence-electron chi connectivity index (χ3n) is 3.09. The number of hydrogen-bond donors (Lipinski definition) is 2. The van der Waals surface area contributed by atoms with Crippen molar-refractivity contribution in [2.24, 2.45) is 0 Å². The van der Waals surface area contributed by atoms with E-state index in [-0.39, 0.29) is 11.3 Å². The number of nitrogens with zero attached hydrogens (tertiary/aromatic N) is 3. The second-order valence-electron chi connectivity index (χ2n) is 4.36. The number of carboxylic acids is 1. The molecule has 2 heterocycles. The van der Waals surface area contributed by atoms with Gasteiger partial charge in [0.2, 0.25) is 0 Å². The molecule has 0 saturated heterocycles. The molecule has 106 valence electrons. The molecular formula is C14H11N3O4. The lowest BCUT2D eigenvalue weighted by Crippen LogP contribution is -1.99. The molecule has 0 unspecified atom stereocenters. The summed E-state index contributed by atoms with van der Waals surface area (Å²) in [5.74, 6) is -0.157. The van der Waals surface area contributed by atoms with Crippen LogP contribution < -0.4 is 4.74 Å². The van der Waals surface area contributed by atoms with Gasteiger partial charge >= 0.3 is 5.97 Å². The van der Waals surface area contributed by atoms with Crippen LogP contribution in [0.3, 0.4) is 0 Å². The fraction of sp³-hybridized carbons (Fsp3) is 0.0714. The summed E-state index contributed by atoms with van der Waals surface area (Å²) in [6, 6.07) is 7.71. The Labute approximate surface area is 119 Å². The Morgan fingerprint density at radius 3 is 2.76 bits per heavy atom. The molecule has 0 radical (unpaired) electrons. The Hall–Kier alpha value is -3.09. The average molecular weight is 285 g/mol. The summed E-state index contributed by atoms with van der Waals surface area (Å²) in [6.45, 7) is 0. The number of hydrogen-bond acceptors (Lipinski definition) is 5. The van der Waals surface area contributed by atoms with Gasteiger partial charge in [0.05, 0.1) is 18.2 Å². The van der Waals surface area contributed by atoms with Crippen molar-refractivity contribution in [3.05, 3.63) is 42.1 Å². The van der Waals surface area contributed by atoms with Crippen LogP contribution in [0, 0.1) is 0 Å². The molecule has 0 spiro atoms. The summed E-state index contributed by atoms with van der Waals surface area (Å²) in [5.41, 5.74) is 0.993. The predicted octanol–water partition coefficient (Wildman–Crippen LogP) is 1.81. The predicted molar refractivity (Wildman–Crippen MR) is 73.6 cm³/mol. The van der Waals surface area contributed by atoms with Crippen LogP contribution in [0.25, 0.3) is 17.0 Å². The minimum absolute atomic E-state index is 0.00540. The highest BCUT2D eigenvalue weighted by Gasteiger charge is 2.15. The van der Waals surface area contributed by atoms with Crippen LogP contribution in [0.1, 0.15) is 10.4 Å². The van der Waals surface area contributed by atoms with Crippen LogP contribution in [0.5, 0.6) is 11.5 Å². The standard InChI is InChI=1S/C14H11N3O4/c1-21-9-3-4-11(18)10(6-9)13-16-15-12-5-2-8(14(19)20)7-17(12)13/h2-7,18H,1H3,(H,19,20). The molecule has 2 aromatic heterocycles. The molecule has 0 aliphatic carbocycles. The second-order valence-corrected chi connectivity index (χ2v) is 4.36. The van der Waals surface area contributed by atoms with Crippen molar-refractivity contribution in [3.63, 3.8) is 0 Å². The third-order valence-corrected chi connectivity index (χ3v) is 3.09. The number of fused-ring (bicyclic) bond motifs is 1. The van der Waals surface area contributed by atoms with E-state index in [1.54, 1.807) is 18.2 Å². The number of aromatic nitrogens is 3. The lowest BCUT2D eigenvalue weighted by Gasteiger charge is -2.06. The number of carbonyl (C=O) groups is 1. The van der Waals surface area contributed by atoms with Crippen LogP contribution in [-0.4, -0.2) is 37.9 Å². The smallest absolute Gasteiger partial charge is 0.337 e. The maximum absolute atomic E-state index is 11.1. The van der Waals surface area contributed by atoms with Crippen LogP contribution in [0.15, 0.2) is 36.5 Å². The van der Waals surface area contributed by atoms with E-state index in [2.05, 4.69) is 10.2 Å². The third kappa shape index (κ3) is 2.14. The lowest BCUT2D eigenvalue weighted by atomic mass is 10.1. The average Bonchev–Trinajstić information content (AvgIpc) is 2.90. The van der Waals surface area contributed by atoms with Gasteiger partial charge in [0.1, 0.15) is 11.5 Å². The van der Waals surface area contributed by atoms with E-state index < -0.39 is 5.97 Å². The van der Waals surface area contributed by atoms with E-state index in [0.29, 0.717) is 22.8 Å².